The Hall–Kier alpha value is -2.04. The molecule has 0 saturated heterocycles. The third-order valence-electron chi connectivity index (χ3n) is 2.76. The summed E-state index contributed by atoms with van der Waals surface area (Å²) in [6.07, 6.45) is 0.373. The van der Waals surface area contributed by atoms with Crippen LogP contribution in [-0.2, 0) is 9.53 Å². The predicted octanol–water partition coefficient (Wildman–Crippen LogP) is 2.03. The van der Waals surface area contributed by atoms with Gasteiger partial charge in [-0.1, -0.05) is 18.2 Å². The van der Waals surface area contributed by atoms with Crippen molar-refractivity contribution in [1.82, 2.24) is 0 Å². The van der Waals surface area contributed by atoms with Crippen LogP contribution in [0.5, 0.6) is 5.75 Å². The van der Waals surface area contributed by atoms with Crippen molar-refractivity contribution in [1.29, 1.82) is 0 Å². The Morgan fingerprint density at radius 1 is 1.56 bits per heavy atom. The van der Waals surface area contributed by atoms with Crippen LogP contribution in [0.3, 0.4) is 0 Å². The summed E-state index contributed by atoms with van der Waals surface area (Å²) < 4.78 is 10.7. The summed E-state index contributed by atoms with van der Waals surface area (Å²) in [5.74, 6) is 0.435. The lowest BCUT2D eigenvalue weighted by atomic mass is 10.1. The number of hydrogen-bond acceptors (Lipinski definition) is 4. The SMILES string of the molecule is COc1ccccc1C1COC(CCC(=O)O)=N1. The Labute approximate surface area is 105 Å². The van der Waals surface area contributed by atoms with E-state index in [-0.39, 0.29) is 12.5 Å². The number of hydrogen-bond donors (Lipinski definition) is 1. The van der Waals surface area contributed by atoms with Crippen molar-refractivity contribution < 1.29 is 19.4 Å². The van der Waals surface area contributed by atoms with Crippen molar-refractivity contribution >= 4 is 11.9 Å². The molecule has 5 heteroatoms. The van der Waals surface area contributed by atoms with Gasteiger partial charge in [0, 0.05) is 12.0 Å². The van der Waals surface area contributed by atoms with E-state index in [1.165, 1.54) is 0 Å². The van der Waals surface area contributed by atoms with Gasteiger partial charge in [0.2, 0.25) is 0 Å². The number of rotatable bonds is 5. The standard InChI is InChI=1S/C13H15NO4/c1-17-11-5-3-2-4-9(11)10-8-18-12(14-10)6-7-13(15)16/h2-5,10H,6-8H2,1H3,(H,15,16). The molecule has 1 aliphatic rings. The molecule has 1 N–H and O–H groups in total. The zero-order valence-corrected chi connectivity index (χ0v) is 10.1. The fourth-order valence-corrected chi connectivity index (χ4v) is 1.88. The van der Waals surface area contributed by atoms with Crippen LogP contribution in [0.25, 0.3) is 0 Å². The highest BCUT2D eigenvalue weighted by molar-refractivity contribution is 5.82. The first kappa shape index (κ1) is 12.4. The molecular weight excluding hydrogens is 234 g/mol. The van der Waals surface area contributed by atoms with Gasteiger partial charge in [-0.3, -0.25) is 4.79 Å². The maximum atomic E-state index is 10.5. The average molecular weight is 249 g/mol. The second-order valence-electron chi connectivity index (χ2n) is 3.99. The predicted molar refractivity (Wildman–Crippen MR) is 66.0 cm³/mol. The fourth-order valence-electron chi connectivity index (χ4n) is 1.88. The number of carboxylic acid groups (broad SMARTS) is 1. The molecule has 0 fully saturated rings. The normalized spacial score (nSPS) is 18.1. The number of benzene rings is 1. The van der Waals surface area contributed by atoms with Gasteiger partial charge in [-0.2, -0.15) is 0 Å². The molecule has 0 radical (unpaired) electrons. The van der Waals surface area contributed by atoms with Gasteiger partial charge in [-0.15, -0.1) is 0 Å². The first-order valence-corrected chi connectivity index (χ1v) is 5.75. The Morgan fingerprint density at radius 2 is 2.33 bits per heavy atom. The molecule has 0 saturated carbocycles. The van der Waals surface area contributed by atoms with Crippen LogP contribution in [0.2, 0.25) is 0 Å². The van der Waals surface area contributed by atoms with Crippen molar-refractivity contribution in [3.63, 3.8) is 0 Å². The number of ether oxygens (including phenoxy) is 2. The van der Waals surface area contributed by atoms with Gasteiger partial charge in [0.15, 0.2) is 5.90 Å². The number of aliphatic imine (C=N–C) groups is 1. The highest BCUT2D eigenvalue weighted by Crippen LogP contribution is 2.31. The highest BCUT2D eigenvalue weighted by Gasteiger charge is 2.23. The summed E-state index contributed by atoms with van der Waals surface area (Å²) in [6, 6.07) is 7.52. The molecule has 2 rings (SSSR count). The van der Waals surface area contributed by atoms with E-state index in [0.717, 1.165) is 11.3 Å². The van der Waals surface area contributed by atoms with Crippen LogP contribution in [0.4, 0.5) is 0 Å². The first-order valence-electron chi connectivity index (χ1n) is 5.75. The van der Waals surface area contributed by atoms with E-state index in [0.29, 0.717) is 18.9 Å². The van der Waals surface area contributed by atoms with Crippen LogP contribution < -0.4 is 4.74 Å². The molecule has 1 unspecified atom stereocenters. The van der Waals surface area contributed by atoms with Crippen molar-refractivity contribution in [2.24, 2.45) is 4.99 Å². The number of carboxylic acids is 1. The van der Waals surface area contributed by atoms with E-state index in [1.807, 2.05) is 24.3 Å². The Bertz CT molecular complexity index is 470. The van der Waals surface area contributed by atoms with E-state index in [9.17, 15) is 4.79 Å². The van der Waals surface area contributed by atoms with Gasteiger partial charge in [0.25, 0.3) is 0 Å². The molecule has 1 aromatic carbocycles. The molecule has 1 heterocycles. The van der Waals surface area contributed by atoms with E-state index in [2.05, 4.69) is 4.99 Å². The Morgan fingerprint density at radius 3 is 3.06 bits per heavy atom. The molecule has 0 amide bonds. The molecule has 1 atom stereocenters. The van der Waals surface area contributed by atoms with Crippen molar-refractivity contribution in [2.75, 3.05) is 13.7 Å². The summed E-state index contributed by atoms with van der Waals surface area (Å²) >= 11 is 0. The average Bonchev–Trinajstić information content (AvgIpc) is 2.85. The summed E-state index contributed by atoms with van der Waals surface area (Å²) in [7, 11) is 1.61. The molecule has 5 nitrogen and oxygen atoms in total. The number of nitrogens with zero attached hydrogens (tertiary/aromatic N) is 1. The number of carbonyl (C=O) groups is 1. The van der Waals surface area contributed by atoms with Crippen LogP contribution in [0.1, 0.15) is 24.4 Å². The number of aliphatic carboxylic acids is 1. The van der Waals surface area contributed by atoms with Crippen molar-refractivity contribution in [3.8, 4) is 5.75 Å². The smallest absolute Gasteiger partial charge is 0.303 e. The lowest BCUT2D eigenvalue weighted by Gasteiger charge is -2.10. The minimum Gasteiger partial charge on any atom is -0.496 e. The summed E-state index contributed by atoms with van der Waals surface area (Å²) in [4.78, 5) is 14.9. The van der Waals surface area contributed by atoms with Gasteiger partial charge in [-0.05, 0) is 6.07 Å². The molecule has 1 aromatic rings. The summed E-state index contributed by atoms with van der Waals surface area (Å²) in [5, 5.41) is 8.61. The van der Waals surface area contributed by atoms with Crippen LogP contribution in [0.15, 0.2) is 29.3 Å². The minimum atomic E-state index is -0.845. The van der Waals surface area contributed by atoms with E-state index in [4.69, 9.17) is 14.6 Å². The summed E-state index contributed by atoms with van der Waals surface area (Å²) in [5.41, 5.74) is 0.963. The van der Waals surface area contributed by atoms with Crippen LogP contribution in [-0.4, -0.2) is 30.7 Å². The van der Waals surface area contributed by atoms with Gasteiger partial charge < -0.3 is 14.6 Å². The second kappa shape index (κ2) is 5.53. The number of para-hydroxylation sites is 1. The third kappa shape index (κ3) is 2.80. The largest absolute Gasteiger partial charge is 0.496 e. The second-order valence-corrected chi connectivity index (χ2v) is 3.99. The summed E-state index contributed by atoms with van der Waals surface area (Å²) in [6.45, 7) is 0.440. The molecule has 0 spiro atoms. The number of methoxy groups -OCH3 is 1. The van der Waals surface area contributed by atoms with Gasteiger partial charge in [0.1, 0.15) is 18.4 Å². The molecule has 18 heavy (non-hydrogen) atoms. The molecule has 0 aliphatic carbocycles. The Balaban J connectivity index is 2.09. The molecule has 0 aromatic heterocycles. The third-order valence-corrected chi connectivity index (χ3v) is 2.76. The van der Waals surface area contributed by atoms with E-state index < -0.39 is 5.97 Å². The molecule has 0 bridgehead atoms. The van der Waals surface area contributed by atoms with Gasteiger partial charge >= 0.3 is 5.97 Å². The topological polar surface area (TPSA) is 68.1 Å². The Kier molecular flexibility index (Phi) is 3.82. The molecule has 1 aliphatic heterocycles. The van der Waals surface area contributed by atoms with Gasteiger partial charge in [0.05, 0.1) is 13.5 Å². The quantitative estimate of drug-likeness (QED) is 0.867. The molecule has 96 valence electrons. The molecular formula is C13H15NO4. The van der Waals surface area contributed by atoms with Crippen molar-refractivity contribution in [2.45, 2.75) is 18.9 Å². The minimum absolute atomic E-state index is 0.0392. The van der Waals surface area contributed by atoms with Gasteiger partial charge in [-0.25, -0.2) is 4.99 Å². The zero-order valence-electron chi connectivity index (χ0n) is 10.1. The fraction of sp³-hybridized carbons (Fsp3) is 0.385. The maximum absolute atomic E-state index is 10.5. The van der Waals surface area contributed by atoms with E-state index in [1.54, 1.807) is 7.11 Å². The highest BCUT2D eigenvalue weighted by atomic mass is 16.5. The lowest BCUT2D eigenvalue weighted by Crippen LogP contribution is -2.03. The van der Waals surface area contributed by atoms with Crippen molar-refractivity contribution in [3.05, 3.63) is 29.8 Å². The van der Waals surface area contributed by atoms with E-state index >= 15 is 0 Å². The lowest BCUT2D eigenvalue weighted by molar-refractivity contribution is -0.136. The monoisotopic (exact) mass is 249 g/mol. The zero-order chi connectivity index (χ0) is 13.0. The first-order chi connectivity index (χ1) is 8.70. The maximum Gasteiger partial charge on any atom is 0.303 e. The van der Waals surface area contributed by atoms with Crippen LogP contribution in [0, 0.1) is 0 Å². The van der Waals surface area contributed by atoms with Crippen LogP contribution >= 0.6 is 0 Å².